The van der Waals surface area contributed by atoms with Gasteiger partial charge < -0.3 is 14.0 Å². The van der Waals surface area contributed by atoms with Gasteiger partial charge in [-0.15, -0.1) is 10.2 Å². The molecule has 1 fully saturated rings. The van der Waals surface area contributed by atoms with Crippen LogP contribution >= 0.6 is 0 Å². The number of benzene rings is 1. The molecule has 1 aliphatic heterocycles. The predicted octanol–water partition coefficient (Wildman–Crippen LogP) is 2.37. The summed E-state index contributed by atoms with van der Waals surface area (Å²) >= 11 is 0. The van der Waals surface area contributed by atoms with Crippen LogP contribution in [0.15, 0.2) is 55.0 Å². The lowest BCUT2D eigenvalue weighted by Gasteiger charge is -2.18. The summed E-state index contributed by atoms with van der Waals surface area (Å²) in [6, 6.07) is 14.0. The average Bonchev–Trinajstić information content (AvgIpc) is 3.35. The third-order valence-electron chi connectivity index (χ3n) is 4.61. The van der Waals surface area contributed by atoms with E-state index in [1.165, 1.54) is 0 Å². The quantitative estimate of drug-likeness (QED) is 0.744. The van der Waals surface area contributed by atoms with Crippen molar-refractivity contribution in [3.63, 3.8) is 0 Å². The highest BCUT2D eigenvalue weighted by Gasteiger charge is 2.30. The number of likely N-dealkylation sites (tertiary alicyclic amines) is 1. The van der Waals surface area contributed by atoms with E-state index in [0.717, 1.165) is 30.0 Å². The summed E-state index contributed by atoms with van der Waals surface area (Å²) in [6.45, 7) is 1.43. The van der Waals surface area contributed by atoms with Gasteiger partial charge in [0, 0.05) is 31.9 Å². The van der Waals surface area contributed by atoms with Crippen molar-refractivity contribution in [3.8, 4) is 11.4 Å². The fraction of sp³-hybridized carbons (Fsp3) is 0.278. The van der Waals surface area contributed by atoms with Gasteiger partial charge in [0.1, 0.15) is 12.0 Å². The molecule has 1 aromatic carbocycles. The third kappa shape index (κ3) is 2.50. The van der Waals surface area contributed by atoms with Crippen molar-refractivity contribution < 1.29 is 4.79 Å². The highest BCUT2D eigenvalue weighted by molar-refractivity contribution is 5.93. The van der Waals surface area contributed by atoms with Crippen molar-refractivity contribution in [2.45, 2.75) is 12.5 Å². The van der Waals surface area contributed by atoms with Crippen LogP contribution in [0.1, 0.15) is 23.0 Å². The first kappa shape index (κ1) is 14.7. The zero-order valence-electron chi connectivity index (χ0n) is 13.5. The summed E-state index contributed by atoms with van der Waals surface area (Å²) < 4.78 is 3.96. The second kappa shape index (κ2) is 5.96. The minimum atomic E-state index is 0.0827. The van der Waals surface area contributed by atoms with E-state index in [2.05, 4.69) is 14.8 Å². The largest absolute Gasteiger partial charge is 0.347 e. The van der Waals surface area contributed by atoms with Crippen LogP contribution in [0.3, 0.4) is 0 Å². The molecule has 0 N–H and O–H groups in total. The van der Waals surface area contributed by atoms with Crippen LogP contribution in [-0.2, 0) is 7.05 Å². The Kier molecular flexibility index (Phi) is 3.65. The zero-order chi connectivity index (χ0) is 16.5. The van der Waals surface area contributed by atoms with E-state index in [1.807, 2.05) is 65.2 Å². The summed E-state index contributed by atoms with van der Waals surface area (Å²) in [4.78, 5) is 14.6. The maximum Gasteiger partial charge on any atom is 0.270 e. The standard InChI is InChI=1S/C18H19N5O/c1-21-10-5-8-16(21)18(24)22-11-9-15(12-22)23-13-19-20-17(23)14-6-3-2-4-7-14/h2-8,10,13,15H,9,11-12H2,1H3. The van der Waals surface area contributed by atoms with Gasteiger partial charge in [-0.2, -0.15) is 0 Å². The Morgan fingerprint density at radius 1 is 1.17 bits per heavy atom. The van der Waals surface area contributed by atoms with E-state index in [1.54, 1.807) is 6.33 Å². The van der Waals surface area contributed by atoms with Crippen LogP contribution in [0.4, 0.5) is 0 Å². The number of amides is 1. The average molecular weight is 321 g/mol. The van der Waals surface area contributed by atoms with Crippen LogP contribution in [-0.4, -0.2) is 43.2 Å². The highest BCUT2D eigenvalue weighted by Crippen LogP contribution is 2.27. The molecule has 1 aliphatic rings. The van der Waals surface area contributed by atoms with Crippen LogP contribution in [0.5, 0.6) is 0 Å². The van der Waals surface area contributed by atoms with Crippen molar-refractivity contribution in [3.05, 3.63) is 60.7 Å². The Bertz CT molecular complexity index is 851. The van der Waals surface area contributed by atoms with Crippen molar-refractivity contribution in [2.24, 2.45) is 7.05 Å². The van der Waals surface area contributed by atoms with Crippen molar-refractivity contribution >= 4 is 5.91 Å². The first-order chi connectivity index (χ1) is 11.7. The van der Waals surface area contributed by atoms with Gasteiger partial charge in [0.15, 0.2) is 5.82 Å². The summed E-state index contributed by atoms with van der Waals surface area (Å²) in [5.74, 6) is 0.938. The number of aryl methyl sites for hydroxylation is 1. The first-order valence-corrected chi connectivity index (χ1v) is 8.09. The zero-order valence-corrected chi connectivity index (χ0v) is 13.5. The molecule has 0 saturated carbocycles. The van der Waals surface area contributed by atoms with E-state index >= 15 is 0 Å². The second-order valence-corrected chi connectivity index (χ2v) is 6.13. The molecule has 0 spiro atoms. The van der Waals surface area contributed by atoms with E-state index in [9.17, 15) is 4.79 Å². The lowest BCUT2D eigenvalue weighted by Crippen LogP contribution is -2.30. The fourth-order valence-corrected chi connectivity index (χ4v) is 3.30. The number of carbonyl (C=O) groups is 1. The van der Waals surface area contributed by atoms with Crippen LogP contribution in [0, 0.1) is 0 Å². The van der Waals surface area contributed by atoms with Crippen LogP contribution < -0.4 is 0 Å². The van der Waals surface area contributed by atoms with Gasteiger partial charge in [-0.05, 0) is 18.6 Å². The van der Waals surface area contributed by atoms with Crippen molar-refractivity contribution in [2.75, 3.05) is 13.1 Å². The van der Waals surface area contributed by atoms with Gasteiger partial charge in [0.2, 0.25) is 0 Å². The third-order valence-corrected chi connectivity index (χ3v) is 4.61. The van der Waals surface area contributed by atoms with Gasteiger partial charge in [-0.25, -0.2) is 0 Å². The van der Waals surface area contributed by atoms with Crippen LogP contribution in [0.2, 0.25) is 0 Å². The summed E-state index contributed by atoms with van der Waals surface area (Å²) in [5, 5.41) is 8.35. The van der Waals surface area contributed by atoms with Crippen molar-refractivity contribution in [1.82, 2.24) is 24.2 Å². The van der Waals surface area contributed by atoms with Gasteiger partial charge in [-0.3, -0.25) is 4.79 Å². The normalized spacial score (nSPS) is 17.4. The molecule has 2 aromatic heterocycles. The summed E-state index contributed by atoms with van der Waals surface area (Å²) in [7, 11) is 1.90. The number of rotatable bonds is 3. The van der Waals surface area contributed by atoms with Gasteiger partial charge in [-0.1, -0.05) is 30.3 Å². The van der Waals surface area contributed by atoms with Gasteiger partial charge >= 0.3 is 0 Å². The lowest BCUT2D eigenvalue weighted by molar-refractivity contribution is 0.0778. The molecular weight excluding hydrogens is 302 g/mol. The summed E-state index contributed by atoms with van der Waals surface area (Å²) in [6.07, 6.45) is 4.58. The Labute approximate surface area is 140 Å². The molecule has 1 atom stereocenters. The Balaban J connectivity index is 1.55. The maximum absolute atomic E-state index is 12.7. The number of nitrogens with zero attached hydrogens (tertiary/aromatic N) is 5. The van der Waals surface area contributed by atoms with Crippen molar-refractivity contribution in [1.29, 1.82) is 0 Å². The van der Waals surface area contributed by atoms with E-state index in [4.69, 9.17) is 0 Å². The number of carbonyl (C=O) groups excluding carboxylic acids is 1. The van der Waals surface area contributed by atoms with E-state index in [0.29, 0.717) is 6.54 Å². The lowest BCUT2D eigenvalue weighted by atomic mass is 10.2. The molecule has 122 valence electrons. The topological polar surface area (TPSA) is 56.0 Å². The molecule has 1 amide bonds. The van der Waals surface area contributed by atoms with E-state index < -0.39 is 0 Å². The first-order valence-electron chi connectivity index (χ1n) is 8.09. The predicted molar refractivity (Wildman–Crippen MR) is 90.4 cm³/mol. The molecule has 24 heavy (non-hydrogen) atoms. The Hall–Kier alpha value is -2.89. The minimum absolute atomic E-state index is 0.0827. The number of aromatic nitrogens is 4. The number of hydrogen-bond donors (Lipinski definition) is 0. The van der Waals surface area contributed by atoms with Gasteiger partial charge in [0.05, 0.1) is 6.04 Å². The molecule has 1 unspecified atom stereocenters. The van der Waals surface area contributed by atoms with Gasteiger partial charge in [0.25, 0.3) is 5.91 Å². The smallest absolute Gasteiger partial charge is 0.270 e. The monoisotopic (exact) mass is 321 g/mol. The molecule has 6 nitrogen and oxygen atoms in total. The molecule has 0 radical (unpaired) electrons. The molecule has 0 aliphatic carbocycles. The molecule has 1 saturated heterocycles. The molecular formula is C18H19N5O. The molecule has 0 bridgehead atoms. The number of hydrogen-bond acceptors (Lipinski definition) is 3. The molecule has 3 aromatic rings. The Morgan fingerprint density at radius 2 is 2.00 bits per heavy atom. The SMILES string of the molecule is Cn1cccc1C(=O)N1CCC(n2cnnc2-c2ccccc2)C1. The van der Waals surface area contributed by atoms with E-state index in [-0.39, 0.29) is 11.9 Å². The summed E-state index contributed by atoms with van der Waals surface area (Å²) in [5.41, 5.74) is 1.77. The fourth-order valence-electron chi connectivity index (χ4n) is 3.30. The highest BCUT2D eigenvalue weighted by atomic mass is 16.2. The second-order valence-electron chi connectivity index (χ2n) is 6.13. The maximum atomic E-state index is 12.7. The minimum Gasteiger partial charge on any atom is -0.347 e. The Morgan fingerprint density at radius 3 is 2.75 bits per heavy atom. The molecule has 6 heteroatoms. The molecule has 3 heterocycles. The van der Waals surface area contributed by atoms with Crippen LogP contribution in [0.25, 0.3) is 11.4 Å². The molecule has 4 rings (SSSR count).